The van der Waals surface area contributed by atoms with Crippen molar-refractivity contribution in [3.8, 4) is 28.1 Å². The van der Waals surface area contributed by atoms with Crippen molar-refractivity contribution in [3.63, 3.8) is 0 Å². The van der Waals surface area contributed by atoms with E-state index in [9.17, 15) is 0 Å². The maximum atomic E-state index is 15.6. The summed E-state index contributed by atoms with van der Waals surface area (Å²) in [7, 11) is -3.02. The number of fused-ring (bicyclic) bond motifs is 14. The van der Waals surface area contributed by atoms with Crippen molar-refractivity contribution >= 4 is 62.8 Å². The zero-order valence-corrected chi connectivity index (χ0v) is 22.8. The first-order valence-electron chi connectivity index (χ1n) is 14.0. The van der Waals surface area contributed by atoms with Crippen LogP contribution in [0.3, 0.4) is 0 Å². The summed E-state index contributed by atoms with van der Waals surface area (Å²) in [6.07, 6.45) is 1.87. The molecule has 3 aliphatic heterocycles. The predicted octanol–water partition coefficient (Wildman–Crippen LogP) is 7.00. The van der Waals surface area contributed by atoms with Crippen molar-refractivity contribution in [1.82, 2.24) is 9.55 Å². The largest absolute Gasteiger partial charge is 0.377 e. The van der Waals surface area contributed by atoms with E-state index in [0.717, 1.165) is 55.5 Å². The van der Waals surface area contributed by atoms with Crippen molar-refractivity contribution in [1.29, 1.82) is 0 Å². The van der Waals surface area contributed by atoms with Gasteiger partial charge in [-0.15, -0.1) is 0 Å². The second-order valence-corrected chi connectivity index (χ2v) is 13.8. The maximum absolute atomic E-state index is 15.6. The Morgan fingerprint density at radius 1 is 0.634 bits per heavy atom. The molecular formula is C35H21BN3OP. The van der Waals surface area contributed by atoms with Gasteiger partial charge >= 0.3 is 6.57 Å². The van der Waals surface area contributed by atoms with Gasteiger partial charge in [0.25, 0.3) is 0 Å². The number of hydrogen-bond acceptors (Lipinski definition) is 3. The summed E-state index contributed by atoms with van der Waals surface area (Å²) in [5.74, 6) is 0. The van der Waals surface area contributed by atoms with Crippen LogP contribution >= 0.6 is 7.02 Å². The van der Waals surface area contributed by atoms with E-state index in [2.05, 4.69) is 119 Å². The lowest BCUT2D eigenvalue weighted by Gasteiger charge is -2.35. The van der Waals surface area contributed by atoms with Crippen molar-refractivity contribution < 1.29 is 4.57 Å². The van der Waals surface area contributed by atoms with Crippen molar-refractivity contribution in [2.45, 2.75) is 0 Å². The van der Waals surface area contributed by atoms with Crippen LogP contribution in [-0.2, 0) is 4.57 Å². The Balaban J connectivity index is 1.29. The highest BCUT2D eigenvalue weighted by atomic mass is 31.2. The lowest BCUT2D eigenvalue weighted by molar-refractivity contribution is 0.595. The quantitative estimate of drug-likeness (QED) is 0.166. The molecule has 1 unspecified atom stereocenters. The van der Waals surface area contributed by atoms with E-state index in [0.29, 0.717) is 0 Å². The Morgan fingerprint density at radius 2 is 1.34 bits per heavy atom. The first-order valence-corrected chi connectivity index (χ1v) is 15.7. The highest BCUT2D eigenvalue weighted by Crippen LogP contribution is 2.65. The lowest BCUT2D eigenvalue weighted by atomic mass is 9.70. The van der Waals surface area contributed by atoms with Crippen LogP contribution in [0.2, 0.25) is 0 Å². The van der Waals surface area contributed by atoms with Crippen LogP contribution < -0.4 is 20.9 Å². The van der Waals surface area contributed by atoms with Gasteiger partial charge in [0.2, 0.25) is 0 Å². The fraction of sp³-hybridized carbons (Fsp3) is 0. The molecule has 0 saturated heterocycles. The van der Waals surface area contributed by atoms with Gasteiger partial charge in [0.15, 0.2) is 0 Å². The van der Waals surface area contributed by atoms with Crippen LogP contribution in [0.15, 0.2) is 128 Å². The van der Waals surface area contributed by atoms with E-state index in [1.54, 1.807) is 0 Å². The number of pyridine rings is 1. The van der Waals surface area contributed by atoms with E-state index in [4.69, 9.17) is 4.98 Å². The molecule has 3 aliphatic rings. The Hall–Kier alpha value is -4.86. The summed E-state index contributed by atoms with van der Waals surface area (Å²) in [4.78, 5) is 7.24. The molecule has 41 heavy (non-hydrogen) atoms. The number of anilines is 2. The topological polar surface area (TPSA) is 38.1 Å². The molecule has 0 radical (unpaired) electrons. The summed E-state index contributed by atoms with van der Waals surface area (Å²) in [5.41, 5.74) is 10.7. The molecule has 2 aromatic heterocycles. The predicted molar refractivity (Wildman–Crippen MR) is 170 cm³/mol. The van der Waals surface area contributed by atoms with Crippen LogP contribution in [0.25, 0.3) is 49.9 Å². The standard InChI is InChI=1S/C35H21BN3OP/c40-41-33-17-6-3-11-25(33)26-12-7-15-32(35(26)41)39-31-16-8-20-37-34(31)27-21-22(18-19-28(27)36(39)41)38-29-13-4-1-9-23(29)24-10-2-5-14-30(24)38/h1-21H. The molecule has 190 valence electrons. The molecule has 0 spiro atoms. The minimum Gasteiger partial charge on any atom is -0.372 e. The molecule has 10 rings (SSSR count). The molecule has 6 heteroatoms. The van der Waals surface area contributed by atoms with Gasteiger partial charge in [-0.05, 0) is 59.1 Å². The van der Waals surface area contributed by atoms with Crippen LogP contribution in [0.5, 0.6) is 0 Å². The molecule has 5 heterocycles. The minimum absolute atomic E-state index is 0.304. The minimum atomic E-state index is -3.02. The number of aromatic nitrogens is 2. The number of hydrogen-bond donors (Lipinski definition) is 0. The molecule has 5 aromatic carbocycles. The Bertz CT molecular complexity index is 2290. The Kier molecular flexibility index (Phi) is 3.98. The van der Waals surface area contributed by atoms with Gasteiger partial charge < -0.3 is 13.9 Å². The zero-order valence-electron chi connectivity index (χ0n) is 21.9. The molecule has 1 atom stereocenters. The molecule has 0 fully saturated rings. The molecule has 4 nitrogen and oxygen atoms in total. The molecule has 0 saturated carbocycles. The summed E-state index contributed by atoms with van der Waals surface area (Å²) in [5, 5.41) is 4.44. The number of rotatable bonds is 1. The zero-order chi connectivity index (χ0) is 26.9. The van der Waals surface area contributed by atoms with Gasteiger partial charge in [-0.3, -0.25) is 4.98 Å². The molecule has 0 N–H and O–H groups in total. The summed E-state index contributed by atoms with van der Waals surface area (Å²) < 4.78 is 18.0. The van der Waals surface area contributed by atoms with Crippen LogP contribution in [0, 0.1) is 0 Å². The highest BCUT2D eigenvalue weighted by Gasteiger charge is 2.60. The molecule has 7 aromatic rings. The van der Waals surface area contributed by atoms with E-state index in [-0.39, 0.29) is 6.57 Å². The summed E-state index contributed by atoms with van der Waals surface area (Å²) in [6.45, 7) is -0.304. The van der Waals surface area contributed by atoms with Gasteiger partial charge in [0, 0.05) is 44.5 Å². The Labute approximate surface area is 236 Å². The number of para-hydroxylation sites is 2. The van der Waals surface area contributed by atoms with Crippen molar-refractivity contribution in [2.24, 2.45) is 0 Å². The van der Waals surface area contributed by atoms with E-state index in [1.807, 2.05) is 18.3 Å². The van der Waals surface area contributed by atoms with Gasteiger partial charge in [0.05, 0.1) is 22.4 Å². The van der Waals surface area contributed by atoms with Gasteiger partial charge in [0.1, 0.15) is 7.02 Å². The summed E-state index contributed by atoms with van der Waals surface area (Å²) in [6, 6.07) is 42.6. The van der Waals surface area contributed by atoms with E-state index < -0.39 is 7.02 Å². The third-order valence-corrected chi connectivity index (χ3v) is 12.6. The van der Waals surface area contributed by atoms with Gasteiger partial charge in [-0.2, -0.15) is 0 Å². The summed E-state index contributed by atoms with van der Waals surface area (Å²) >= 11 is 0. The van der Waals surface area contributed by atoms with E-state index >= 15 is 4.57 Å². The fourth-order valence-electron chi connectivity index (χ4n) is 7.66. The third kappa shape index (κ3) is 2.51. The molecule has 0 aliphatic carbocycles. The second kappa shape index (κ2) is 7.45. The smallest absolute Gasteiger partial charge is 0.372 e. The normalized spacial score (nSPS) is 17.4. The lowest BCUT2D eigenvalue weighted by Crippen LogP contribution is -2.48. The fourth-order valence-corrected chi connectivity index (χ4v) is 11.5. The monoisotopic (exact) mass is 541 g/mol. The first-order chi connectivity index (χ1) is 20.2. The first kappa shape index (κ1) is 21.9. The van der Waals surface area contributed by atoms with Crippen LogP contribution in [0.4, 0.5) is 11.4 Å². The highest BCUT2D eigenvalue weighted by molar-refractivity contribution is 8.09. The third-order valence-electron chi connectivity index (χ3n) is 9.20. The Morgan fingerprint density at radius 3 is 2.17 bits per heavy atom. The maximum Gasteiger partial charge on any atom is 0.377 e. The van der Waals surface area contributed by atoms with E-state index in [1.165, 1.54) is 21.8 Å². The number of nitrogens with zero attached hydrogens (tertiary/aromatic N) is 3. The average molecular weight is 541 g/mol. The molecule has 0 bridgehead atoms. The van der Waals surface area contributed by atoms with Crippen LogP contribution in [0.1, 0.15) is 0 Å². The van der Waals surface area contributed by atoms with Gasteiger partial charge in [-0.25, -0.2) is 0 Å². The average Bonchev–Trinajstić information content (AvgIpc) is 3.61. The molecular weight excluding hydrogens is 520 g/mol. The van der Waals surface area contributed by atoms with Gasteiger partial charge in [-0.1, -0.05) is 78.9 Å². The number of benzene rings is 5. The SMILES string of the molecule is O=P12B3c4ccc(-n5c6ccccc6c6ccccc65)cc4-c4ncccc4N3c3cccc(c31)-c1ccccc12. The molecule has 0 amide bonds. The van der Waals surface area contributed by atoms with Crippen molar-refractivity contribution in [2.75, 3.05) is 4.81 Å². The second-order valence-electron chi connectivity index (χ2n) is 11.1. The van der Waals surface area contributed by atoms with Crippen LogP contribution in [-0.4, -0.2) is 16.1 Å². The van der Waals surface area contributed by atoms with Crippen molar-refractivity contribution in [3.05, 3.63) is 128 Å².